The highest BCUT2D eigenvalue weighted by atomic mass is 19.4. The van der Waals surface area contributed by atoms with Crippen LogP contribution in [0.1, 0.15) is 0 Å². The van der Waals surface area contributed by atoms with E-state index in [1.54, 1.807) is 0 Å². The van der Waals surface area contributed by atoms with Crippen molar-refractivity contribution < 1.29 is 27.4 Å². The molecule has 0 aromatic carbocycles. The molecule has 0 saturated carbocycles. The molecule has 98 valence electrons. The second-order valence-corrected chi connectivity index (χ2v) is 4.23. The SMILES string of the molecule is CN1C2COCC1CN(C(=O)OC(F)(F)F)C2. The Morgan fingerprint density at radius 3 is 2.29 bits per heavy atom. The highest BCUT2D eigenvalue weighted by Crippen LogP contribution is 2.23. The van der Waals surface area contributed by atoms with E-state index in [-0.39, 0.29) is 25.2 Å². The molecule has 0 aromatic heterocycles. The van der Waals surface area contributed by atoms with Gasteiger partial charge in [-0.15, -0.1) is 13.2 Å². The first-order chi connectivity index (χ1) is 7.87. The van der Waals surface area contributed by atoms with Crippen molar-refractivity contribution in [3.8, 4) is 0 Å². The molecule has 2 fully saturated rings. The van der Waals surface area contributed by atoms with Gasteiger partial charge in [0.1, 0.15) is 0 Å². The zero-order valence-corrected chi connectivity index (χ0v) is 9.24. The van der Waals surface area contributed by atoms with Gasteiger partial charge in [-0.2, -0.15) is 0 Å². The Kier molecular flexibility index (Phi) is 3.17. The number of amides is 1. The maximum Gasteiger partial charge on any atom is 0.576 e. The van der Waals surface area contributed by atoms with Crippen molar-refractivity contribution in [1.82, 2.24) is 9.80 Å². The molecule has 5 nitrogen and oxygen atoms in total. The lowest BCUT2D eigenvalue weighted by atomic mass is 10.1. The van der Waals surface area contributed by atoms with Crippen molar-refractivity contribution >= 4 is 6.09 Å². The first-order valence-corrected chi connectivity index (χ1v) is 5.21. The lowest BCUT2D eigenvalue weighted by Crippen LogP contribution is -2.64. The molecule has 0 aromatic rings. The third-order valence-corrected chi connectivity index (χ3v) is 3.10. The number of carbonyl (C=O) groups excluding carboxylic acids is 1. The van der Waals surface area contributed by atoms with Crippen LogP contribution in [0.25, 0.3) is 0 Å². The predicted molar refractivity (Wildman–Crippen MR) is 50.3 cm³/mol. The van der Waals surface area contributed by atoms with Gasteiger partial charge in [-0.1, -0.05) is 0 Å². The van der Waals surface area contributed by atoms with Crippen molar-refractivity contribution in [1.29, 1.82) is 0 Å². The van der Waals surface area contributed by atoms with Gasteiger partial charge in [0, 0.05) is 13.1 Å². The first kappa shape index (κ1) is 12.4. The number of alkyl halides is 3. The third kappa shape index (κ3) is 2.81. The van der Waals surface area contributed by atoms with Crippen molar-refractivity contribution in [2.45, 2.75) is 18.4 Å². The van der Waals surface area contributed by atoms with Crippen molar-refractivity contribution in [2.75, 3.05) is 33.4 Å². The Balaban J connectivity index is 1.97. The monoisotopic (exact) mass is 254 g/mol. The molecular formula is C9H13F3N2O3. The van der Waals surface area contributed by atoms with Crippen molar-refractivity contribution in [3.05, 3.63) is 0 Å². The van der Waals surface area contributed by atoms with Crippen LogP contribution in [0.4, 0.5) is 18.0 Å². The van der Waals surface area contributed by atoms with Gasteiger partial charge in [0.15, 0.2) is 0 Å². The van der Waals surface area contributed by atoms with Crippen LogP contribution in [-0.4, -0.2) is 67.7 Å². The second kappa shape index (κ2) is 4.34. The first-order valence-electron chi connectivity index (χ1n) is 5.21. The topological polar surface area (TPSA) is 42.0 Å². The minimum absolute atomic E-state index is 0.0664. The number of carbonyl (C=O) groups is 1. The largest absolute Gasteiger partial charge is 0.576 e. The van der Waals surface area contributed by atoms with Crippen LogP contribution >= 0.6 is 0 Å². The van der Waals surface area contributed by atoms with Gasteiger partial charge in [-0.05, 0) is 7.05 Å². The van der Waals surface area contributed by atoms with E-state index >= 15 is 0 Å². The number of nitrogens with zero attached hydrogens (tertiary/aromatic N) is 2. The quantitative estimate of drug-likeness (QED) is 0.637. The summed E-state index contributed by atoms with van der Waals surface area (Å²) in [5.74, 6) is 0. The average Bonchev–Trinajstić information content (AvgIpc) is 2.13. The molecule has 0 N–H and O–H groups in total. The number of halogens is 3. The van der Waals surface area contributed by atoms with Crippen LogP contribution in [0.3, 0.4) is 0 Å². The zero-order valence-electron chi connectivity index (χ0n) is 9.24. The van der Waals surface area contributed by atoms with Crippen LogP contribution in [0.15, 0.2) is 0 Å². The molecule has 0 aliphatic carbocycles. The van der Waals surface area contributed by atoms with E-state index in [1.807, 2.05) is 11.9 Å². The van der Waals surface area contributed by atoms with Crippen molar-refractivity contribution in [3.63, 3.8) is 0 Å². The fourth-order valence-corrected chi connectivity index (χ4v) is 2.13. The highest BCUT2D eigenvalue weighted by molar-refractivity contribution is 5.68. The summed E-state index contributed by atoms with van der Waals surface area (Å²) in [6, 6.07) is -0.133. The van der Waals surface area contributed by atoms with Gasteiger partial charge >= 0.3 is 12.5 Å². The molecule has 0 spiro atoms. The van der Waals surface area contributed by atoms with Crippen LogP contribution < -0.4 is 0 Å². The van der Waals surface area contributed by atoms with E-state index in [0.717, 1.165) is 4.90 Å². The van der Waals surface area contributed by atoms with E-state index in [2.05, 4.69) is 4.74 Å². The summed E-state index contributed by atoms with van der Waals surface area (Å²) in [5, 5.41) is 0. The highest BCUT2D eigenvalue weighted by Gasteiger charge is 2.41. The molecule has 2 aliphatic rings. The lowest BCUT2D eigenvalue weighted by Gasteiger charge is -2.47. The summed E-state index contributed by atoms with van der Waals surface area (Å²) < 4.78 is 44.5. The van der Waals surface area contributed by atoms with Gasteiger partial charge in [0.2, 0.25) is 0 Å². The Hall–Kier alpha value is -1.02. The third-order valence-electron chi connectivity index (χ3n) is 3.10. The smallest absolute Gasteiger partial charge is 0.378 e. The van der Waals surface area contributed by atoms with Gasteiger partial charge in [0.25, 0.3) is 0 Å². The lowest BCUT2D eigenvalue weighted by molar-refractivity contribution is -0.295. The molecule has 8 heteroatoms. The van der Waals surface area contributed by atoms with Gasteiger partial charge < -0.3 is 14.4 Å². The van der Waals surface area contributed by atoms with E-state index < -0.39 is 12.5 Å². The van der Waals surface area contributed by atoms with Crippen molar-refractivity contribution in [2.24, 2.45) is 0 Å². The van der Waals surface area contributed by atoms with E-state index in [0.29, 0.717) is 13.2 Å². The van der Waals surface area contributed by atoms with Gasteiger partial charge in [0.05, 0.1) is 25.3 Å². The van der Waals surface area contributed by atoms with E-state index in [9.17, 15) is 18.0 Å². The summed E-state index contributed by atoms with van der Waals surface area (Å²) in [5.41, 5.74) is 0. The minimum Gasteiger partial charge on any atom is -0.378 e. The fraction of sp³-hybridized carbons (Fsp3) is 0.889. The maximum absolute atomic E-state index is 11.9. The Morgan fingerprint density at radius 1 is 1.29 bits per heavy atom. The number of ether oxygens (including phenoxy) is 2. The Bertz CT molecular complexity index is 296. The molecule has 2 saturated heterocycles. The second-order valence-electron chi connectivity index (χ2n) is 4.23. The zero-order chi connectivity index (χ0) is 12.6. The van der Waals surface area contributed by atoms with E-state index in [1.165, 1.54) is 0 Å². The Morgan fingerprint density at radius 2 is 1.82 bits per heavy atom. The number of piperazine rings is 1. The van der Waals surface area contributed by atoms with Crippen LogP contribution in [0, 0.1) is 0 Å². The average molecular weight is 254 g/mol. The number of morpholine rings is 1. The number of rotatable bonds is 0. The molecule has 2 rings (SSSR count). The molecule has 2 heterocycles. The minimum atomic E-state index is -4.92. The predicted octanol–water partition coefficient (Wildman–Crippen LogP) is 0.658. The molecule has 2 atom stereocenters. The van der Waals surface area contributed by atoms with Gasteiger partial charge in [-0.25, -0.2) is 4.79 Å². The summed E-state index contributed by atoms with van der Waals surface area (Å²) >= 11 is 0. The Labute approximate surface area is 96.1 Å². The van der Waals surface area contributed by atoms with Crippen LogP contribution in [-0.2, 0) is 9.47 Å². The molecule has 1 amide bonds. The summed E-state index contributed by atoms with van der Waals surface area (Å²) in [6.07, 6.45) is -6.26. The number of likely N-dealkylation sites (N-methyl/N-ethyl adjacent to an activating group) is 1. The molecule has 2 aliphatic heterocycles. The molecule has 0 radical (unpaired) electrons. The fourth-order valence-electron chi connectivity index (χ4n) is 2.13. The number of hydrogen-bond acceptors (Lipinski definition) is 4. The number of fused-ring (bicyclic) bond motifs is 2. The number of hydrogen-bond donors (Lipinski definition) is 0. The molecule has 2 unspecified atom stereocenters. The maximum atomic E-state index is 11.9. The summed E-state index contributed by atoms with van der Waals surface area (Å²) in [4.78, 5) is 14.4. The van der Waals surface area contributed by atoms with E-state index in [4.69, 9.17) is 4.74 Å². The summed E-state index contributed by atoms with van der Waals surface area (Å²) in [6.45, 7) is 1.23. The summed E-state index contributed by atoms with van der Waals surface area (Å²) in [7, 11) is 1.88. The van der Waals surface area contributed by atoms with Crippen LogP contribution in [0.2, 0.25) is 0 Å². The van der Waals surface area contributed by atoms with Gasteiger partial charge in [-0.3, -0.25) is 4.90 Å². The standard InChI is InChI=1S/C9H13F3N2O3/c1-13-6-2-14(3-7(13)5-16-4-6)8(15)17-9(10,11)12/h6-7H,2-5H2,1H3. The normalized spacial score (nSPS) is 30.2. The van der Waals surface area contributed by atoms with Crippen LogP contribution in [0.5, 0.6) is 0 Å². The molecular weight excluding hydrogens is 241 g/mol. The molecule has 2 bridgehead atoms. The molecule has 17 heavy (non-hydrogen) atoms.